The van der Waals surface area contributed by atoms with Gasteiger partial charge in [-0.05, 0) is 12.1 Å². The van der Waals surface area contributed by atoms with Crippen molar-refractivity contribution in [3.8, 4) is 0 Å². The Morgan fingerprint density at radius 1 is 1.44 bits per heavy atom. The first-order chi connectivity index (χ1) is 7.56. The molecule has 0 bridgehead atoms. The lowest BCUT2D eigenvalue weighted by Crippen LogP contribution is -2.27. The first-order valence-corrected chi connectivity index (χ1v) is 5.33. The van der Waals surface area contributed by atoms with Crippen molar-refractivity contribution in [1.29, 1.82) is 0 Å². The summed E-state index contributed by atoms with van der Waals surface area (Å²) in [7, 11) is 3.88. The van der Waals surface area contributed by atoms with Gasteiger partial charge in [-0.2, -0.15) is 0 Å². The molecule has 4 nitrogen and oxygen atoms in total. The number of rotatable bonds is 4. The molecule has 0 spiro atoms. The first kappa shape index (κ1) is 12.5. The van der Waals surface area contributed by atoms with Gasteiger partial charge in [-0.1, -0.05) is 19.1 Å². The summed E-state index contributed by atoms with van der Waals surface area (Å²) in [6.45, 7) is 2.17. The molecule has 0 saturated carbocycles. The fraction of sp³-hybridized carbons (Fsp3) is 0.417. The highest BCUT2D eigenvalue weighted by atomic mass is 16.1. The Morgan fingerprint density at radius 3 is 2.62 bits per heavy atom. The number of nitrogens with two attached hydrogens (primary N) is 1. The van der Waals surface area contributed by atoms with Gasteiger partial charge in [-0.15, -0.1) is 0 Å². The lowest BCUT2D eigenvalue weighted by atomic mass is 10.1. The van der Waals surface area contributed by atoms with E-state index >= 15 is 0 Å². The predicted octanol–water partition coefficient (Wildman–Crippen LogP) is 1.29. The Morgan fingerprint density at radius 2 is 2.06 bits per heavy atom. The molecule has 0 heterocycles. The summed E-state index contributed by atoms with van der Waals surface area (Å²) in [5, 5.41) is 2.88. The normalized spacial score (nSPS) is 12.0. The Kier molecular flexibility index (Phi) is 4.31. The van der Waals surface area contributed by atoms with Crippen LogP contribution in [-0.2, 0) is 4.79 Å². The van der Waals surface area contributed by atoms with E-state index < -0.39 is 0 Å². The van der Waals surface area contributed by atoms with Crippen molar-refractivity contribution in [3.05, 3.63) is 24.3 Å². The van der Waals surface area contributed by atoms with Gasteiger partial charge in [0.25, 0.3) is 0 Å². The smallest absolute Gasteiger partial charge is 0.228 e. The van der Waals surface area contributed by atoms with Gasteiger partial charge in [-0.3, -0.25) is 4.79 Å². The van der Waals surface area contributed by atoms with Crippen molar-refractivity contribution in [3.63, 3.8) is 0 Å². The summed E-state index contributed by atoms with van der Waals surface area (Å²) < 4.78 is 0. The fourth-order valence-corrected chi connectivity index (χ4v) is 1.33. The van der Waals surface area contributed by atoms with E-state index in [-0.39, 0.29) is 11.8 Å². The van der Waals surface area contributed by atoms with Crippen molar-refractivity contribution >= 4 is 17.3 Å². The van der Waals surface area contributed by atoms with Gasteiger partial charge in [0, 0.05) is 26.6 Å². The Balaban J connectivity index is 2.84. The molecule has 0 aliphatic rings. The van der Waals surface area contributed by atoms with E-state index in [1.54, 1.807) is 0 Å². The second-order valence-electron chi connectivity index (χ2n) is 4.04. The second-order valence-corrected chi connectivity index (χ2v) is 4.04. The third-order valence-electron chi connectivity index (χ3n) is 2.44. The highest BCUT2D eigenvalue weighted by Gasteiger charge is 2.12. The summed E-state index contributed by atoms with van der Waals surface area (Å²) in [5.74, 6) is -0.216. The number of carbonyl (C=O) groups is 1. The molecule has 0 fully saturated rings. The number of para-hydroxylation sites is 2. The van der Waals surface area contributed by atoms with Crippen LogP contribution in [0.4, 0.5) is 11.4 Å². The van der Waals surface area contributed by atoms with Gasteiger partial charge in [0.15, 0.2) is 0 Å². The van der Waals surface area contributed by atoms with E-state index in [0.717, 1.165) is 11.4 Å². The highest BCUT2D eigenvalue weighted by Crippen LogP contribution is 2.23. The minimum atomic E-state index is -0.171. The molecule has 1 aromatic rings. The molecule has 0 aliphatic heterocycles. The van der Waals surface area contributed by atoms with E-state index in [9.17, 15) is 4.79 Å². The molecule has 1 aromatic carbocycles. The molecular formula is C12H19N3O. The summed E-state index contributed by atoms with van der Waals surface area (Å²) >= 11 is 0. The van der Waals surface area contributed by atoms with Crippen LogP contribution in [0.3, 0.4) is 0 Å². The van der Waals surface area contributed by atoms with E-state index in [1.807, 2.05) is 50.2 Å². The van der Waals surface area contributed by atoms with Crippen LogP contribution < -0.4 is 16.0 Å². The van der Waals surface area contributed by atoms with Gasteiger partial charge >= 0.3 is 0 Å². The number of hydrogen-bond donors (Lipinski definition) is 2. The standard InChI is InChI=1S/C12H19N3O/c1-9(8-13)12(16)14-10-6-4-5-7-11(10)15(2)3/h4-7,9H,8,13H2,1-3H3,(H,14,16). The van der Waals surface area contributed by atoms with Crippen LogP contribution in [0.2, 0.25) is 0 Å². The monoisotopic (exact) mass is 221 g/mol. The van der Waals surface area contributed by atoms with Crippen LogP contribution in [0, 0.1) is 5.92 Å². The maximum atomic E-state index is 11.7. The Labute approximate surface area is 96.4 Å². The van der Waals surface area contributed by atoms with Gasteiger partial charge in [0.2, 0.25) is 5.91 Å². The zero-order valence-corrected chi connectivity index (χ0v) is 10.0. The van der Waals surface area contributed by atoms with Crippen LogP contribution in [0.15, 0.2) is 24.3 Å². The van der Waals surface area contributed by atoms with Crippen molar-refractivity contribution in [2.24, 2.45) is 11.7 Å². The third-order valence-corrected chi connectivity index (χ3v) is 2.44. The molecule has 16 heavy (non-hydrogen) atoms. The van der Waals surface area contributed by atoms with E-state index in [2.05, 4.69) is 5.32 Å². The number of benzene rings is 1. The van der Waals surface area contributed by atoms with Crippen LogP contribution in [-0.4, -0.2) is 26.5 Å². The molecule has 88 valence electrons. The molecule has 1 rings (SSSR count). The Hall–Kier alpha value is -1.55. The van der Waals surface area contributed by atoms with Gasteiger partial charge in [0.05, 0.1) is 11.4 Å². The third kappa shape index (κ3) is 2.97. The molecule has 0 radical (unpaired) electrons. The number of anilines is 2. The van der Waals surface area contributed by atoms with Gasteiger partial charge < -0.3 is 16.0 Å². The molecule has 1 unspecified atom stereocenters. The number of carbonyl (C=O) groups excluding carboxylic acids is 1. The molecule has 1 amide bonds. The van der Waals surface area contributed by atoms with Gasteiger partial charge in [0.1, 0.15) is 0 Å². The SMILES string of the molecule is CC(CN)C(=O)Nc1ccccc1N(C)C. The zero-order chi connectivity index (χ0) is 12.1. The van der Waals surface area contributed by atoms with Crippen LogP contribution >= 0.6 is 0 Å². The number of nitrogens with one attached hydrogen (secondary N) is 1. The summed E-state index contributed by atoms with van der Waals surface area (Å²) in [4.78, 5) is 13.7. The zero-order valence-electron chi connectivity index (χ0n) is 10.0. The predicted molar refractivity (Wildman–Crippen MR) is 67.6 cm³/mol. The van der Waals surface area contributed by atoms with E-state index in [0.29, 0.717) is 6.54 Å². The lowest BCUT2D eigenvalue weighted by Gasteiger charge is -2.18. The summed E-state index contributed by atoms with van der Waals surface area (Å²) in [5.41, 5.74) is 7.26. The van der Waals surface area contributed by atoms with Crippen molar-refractivity contribution in [1.82, 2.24) is 0 Å². The van der Waals surface area contributed by atoms with Crippen molar-refractivity contribution < 1.29 is 4.79 Å². The number of hydrogen-bond acceptors (Lipinski definition) is 3. The minimum absolute atomic E-state index is 0.0446. The molecule has 3 N–H and O–H groups in total. The minimum Gasteiger partial charge on any atom is -0.376 e. The first-order valence-electron chi connectivity index (χ1n) is 5.33. The van der Waals surface area contributed by atoms with Crippen LogP contribution in [0.5, 0.6) is 0 Å². The van der Waals surface area contributed by atoms with Crippen molar-refractivity contribution in [2.45, 2.75) is 6.92 Å². The summed E-state index contributed by atoms with van der Waals surface area (Å²) in [6.07, 6.45) is 0. The van der Waals surface area contributed by atoms with E-state index in [1.165, 1.54) is 0 Å². The average Bonchev–Trinajstić information content (AvgIpc) is 2.28. The summed E-state index contributed by atoms with van der Waals surface area (Å²) in [6, 6.07) is 7.69. The number of nitrogens with zero attached hydrogens (tertiary/aromatic N) is 1. The highest BCUT2D eigenvalue weighted by molar-refractivity contribution is 5.95. The Bertz CT molecular complexity index is 363. The second kappa shape index (κ2) is 5.51. The lowest BCUT2D eigenvalue weighted by molar-refractivity contribution is -0.119. The fourth-order valence-electron chi connectivity index (χ4n) is 1.33. The van der Waals surface area contributed by atoms with Gasteiger partial charge in [-0.25, -0.2) is 0 Å². The maximum Gasteiger partial charge on any atom is 0.228 e. The molecule has 1 atom stereocenters. The quantitative estimate of drug-likeness (QED) is 0.805. The molecule has 0 saturated heterocycles. The molecule has 4 heteroatoms. The number of amides is 1. The molecule has 0 aromatic heterocycles. The topological polar surface area (TPSA) is 58.4 Å². The largest absolute Gasteiger partial charge is 0.376 e. The molecular weight excluding hydrogens is 202 g/mol. The molecule has 0 aliphatic carbocycles. The van der Waals surface area contributed by atoms with Crippen LogP contribution in [0.1, 0.15) is 6.92 Å². The van der Waals surface area contributed by atoms with E-state index in [4.69, 9.17) is 5.73 Å². The van der Waals surface area contributed by atoms with Crippen LogP contribution in [0.25, 0.3) is 0 Å². The maximum absolute atomic E-state index is 11.7. The average molecular weight is 221 g/mol. The van der Waals surface area contributed by atoms with Crippen molar-refractivity contribution in [2.75, 3.05) is 30.9 Å².